The summed E-state index contributed by atoms with van der Waals surface area (Å²) in [5.41, 5.74) is -1.46. The molecular weight excluding hydrogens is 470 g/mol. The van der Waals surface area contributed by atoms with Crippen molar-refractivity contribution < 1.29 is 37.6 Å². The molecule has 1 aliphatic rings. The molecule has 1 aliphatic heterocycles. The Hall–Kier alpha value is -3.29. The van der Waals surface area contributed by atoms with E-state index in [4.69, 9.17) is 9.57 Å². The van der Waals surface area contributed by atoms with Crippen LogP contribution in [0.15, 0.2) is 53.5 Å². The van der Waals surface area contributed by atoms with Crippen LogP contribution in [-0.2, 0) is 24.4 Å². The van der Waals surface area contributed by atoms with E-state index in [1.165, 1.54) is 31.2 Å². The second-order valence-corrected chi connectivity index (χ2v) is 10.2. The topological polar surface area (TPSA) is 157 Å². The summed E-state index contributed by atoms with van der Waals surface area (Å²) in [5.74, 6) is -1.34. The molecule has 2 atom stereocenters. The molecule has 2 rings (SSSR count). The number of amides is 1. The molecule has 0 aliphatic carbocycles. The van der Waals surface area contributed by atoms with E-state index in [0.29, 0.717) is 4.47 Å². The number of nitrogens with zero attached hydrogens (tertiary/aromatic N) is 3. The maximum atomic E-state index is 13.5. The average Bonchev–Trinajstić information content (AvgIpc) is 2.71. The van der Waals surface area contributed by atoms with Gasteiger partial charge in [0.1, 0.15) is 5.60 Å². The molecule has 0 aromatic heterocycles. The van der Waals surface area contributed by atoms with Crippen LogP contribution in [0.25, 0.3) is 0 Å². The Kier molecular flexibility index (Phi) is 8.18. The Morgan fingerprint density at radius 1 is 1.35 bits per heavy atom. The number of carboxylic acids is 1. The Morgan fingerprint density at radius 2 is 1.97 bits per heavy atom. The van der Waals surface area contributed by atoms with E-state index in [1.807, 2.05) is 0 Å². The number of benzene rings is 1. The van der Waals surface area contributed by atoms with E-state index in [0.717, 1.165) is 17.0 Å². The van der Waals surface area contributed by atoms with Crippen molar-refractivity contribution in [2.24, 2.45) is 0 Å². The first-order valence-corrected chi connectivity index (χ1v) is 11.6. The van der Waals surface area contributed by atoms with Crippen LogP contribution >= 0.6 is 0 Å². The molecular formula is C21H27N3O9S. The second kappa shape index (κ2) is 10.3. The van der Waals surface area contributed by atoms with Crippen molar-refractivity contribution in [2.45, 2.75) is 50.3 Å². The Labute approximate surface area is 197 Å². The molecule has 1 aromatic rings. The number of ether oxygens (including phenoxy) is 1. The van der Waals surface area contributed by atoms with Crippen LogP contribution in [0.4, 0.5) is 10.5 Å². The van der Waals surface area contributed by atoms with Crippen molar-refractivity contribution in [1.29, 1.82) is 0 Å². The Morgan fingerprint density at radius 3 is 2.50 bits per heavy atom. The highest BCUT2D eigenvalue weighted by atomic mass is 32.2. The number of sulfonamides is 1. The third-order valence-electron chi connectivity index (χ3n) is 4.61. The minimum absolute atomic E-state index is 0.152. The van der Waals surface area contributed by atoms with E-state index >= 15 is 0 Å². The molecule has 0 saturated carbocycles. The molecule has 34 heavy (non-hydrogen) atoms. The van der Waals surface area contributed by atoms with Gasteiger partial charge in [-0.25, -0.2) is 18.0 Å². The number of hydrogen-bond acceptors (Lipinski definition) is 8. The second-order valence-electron chi connectivity index (χ2n) is 8.42. The summed E-state index contributed by atoms with van der Waals surface area (Å²) in [6, 6.07) is 2.12. The largest absolute Gasteiger partial charge is 0.479 e. The lowest BCUT2D eigenvalue weighted by Crippen LogP contribution is -2.57. The lowest BCUT2D eigenvalue weighted by molar-refractivity contribution is -0.388. The molecule has 0 saturated heterocycles. The lowest BCUT2D eigenvalue weighted by atomic mass is 9.99. The van der Waals surface area contributed by atoms with Crippen molar-refractivity contribution >= 4 is 27.8 Å². The van der Waals surface area contributed by atoms with Crippen LogP contribution in [0.3, 0.4) is 0 Å². The molecule has 1 amide bonds. The molecule has 0 bridgehead atoms. The maximum Gasteiger partial charge on any atom is 0.411 e. The number of nitro groups is 1. The fourth-order valence-corrected chi connectivity index (χ4v) is 4.88. The molecule has 13 heteroatoms. The van der Waals surface area contributed by atoms with Gasteiger partial charge in [0, 0.05) is 12.6 Å². The highest BCUT2D eigenvalue weighted by Crippen LogP contribution is 2.31. The third-order valence-corrected chi connectivity index (χ3v) is 6.36. The van der Waals surface area contributed by atoms with E-state index in [1.54, 1.807) is 20.8 Å². The van der Waals surface area contributed by atoms with Gasteiger partial charge in [0.25, 0.3) is 15.7 Å². The van der Waals surface area contributed by atoms with E-state index in [-0.39, 0.29) is 12.2 Å². The monoisotopic (exact) mass is 497 g/mol. The predicted octanol–water partition coefficient (Wildman–Crippen LogP) is 2.72. The van der Waals surface area contributed by atoms with Crippen molar-refractivity contribution in [3.05, 3.63) is 58.7 Å². The Balaban J connectivity index is 2.60. The first-order chi connectivity index (χ1) is 15.7. The molecule has 0 spiro atoms. The highest BCUT2D eigenvalue weighted by Gasteiger charge is 2.44. The minimum Gasteiger partial charge on any atom is -0.479 e. The van der Waals surface area contributed by atoms with Crippen LogP contribution in [0.1, 0.15) is 27.7 Å². The van der Waals surface area contributed by atoms with Crippen molar-refractivity contribution in [1.82, 2.24) is 9.37 Å². The number of rotatable bonds is 8. The third kappa shape index (κ3) is 5.98. The highest BCUT2D eigenvalue weighted by molar-refractivity contribution is 7.89. The molecule has 186 valence electrons. The van der Waals surface area contributed by atoms with Gasteiger partial charge < -0.3 is 9.84 Å². The molecule has 1 N–H and O–H groups in total. The fraction of sp³-hybridized carbons (Fsp3) is 0.429. The quantitative estimate of drug-likeness (QED) is 0.324. The van der Waals surface area contributed by atoms with Gasteiger partial charge >= 0.3 is 12.1 Å². The van der Waals surface area contributed by atoms with Crippen LogP contribution in [0.2, 0.25) is 0 Å². The number of carbonyl (C=O) groups is 2. The van der Waals surface area contributed by atoms with Crippen LogP contribution in [0, 0.1) is 10.1 Å². The van der Waals surface area contributed by atoms with Crippen molar-refractivity contribution in [2.75, 3.05) is 13.2 Å². The van der Waals surface area contributed by atoms with E-state index < -0.39 is 61.8 Å². The van der Waals surface area contributed by atoms with Crippen LogP contribution in [-0.4, -0.2) is 70.7 Å². The van der Waals surface area contributed by atoms with Gasteiger partial charge in [0.15, 0.2) is 10.9 Å². The number of para-hydroxylation sites is 1. The molecule has 0 fully saturated rings. The SMILES string of the molecule is C=CCON([C@@H]1C=C(C)[C@@H](C(=O)O)N(C(=O)OC(C)(C)C)C1)S(=O)(=O)c1ccccc1[N+](=O)[O-]. The smallest absolute Gasteiger partial charge is 0.411 e. The maximum absolute atomic E-state index is 13.5. The summed E-state index contributed by atoms with van der Waals surface area (Å²) in [7, 11) is -4.64. The summed E-state index contributed by atoms with van der Waals surface area (Å²) in [6.45, 7) is 8.98. The fourth-order valence-electron chi connectivity index (χ4n) is 3.35. The number of aliphatic carboxylic acids is 1. The molecule has 0 radical (unpaired) electrons. The summed E-state index contributed by atoms with van der Waals surface area (Å²) in [6.07, 6.45) is 1.63. The average molecular weight is 498 g/mol. The van der Waals surface area contributed by atoms with E-state index in [9.17, 15) is 33.2 Å². The van der Waals surface area contributed by atoms with Gasteiger partial charge in [-0.15, -0.1) is 6.58 Å². The number of carboxylic acid groups (broad SMARTS) is 1. The summed E-state index contributed by atoms with van der Waals surface area (Å²) < 4.78 is 32.8. The van der Waals surface area contributed by atoms with Crippen LogP contribution in [0.5, 0.6) is 0 Å². The van der Waals surface area contributed by atoms with Gasteiger partial charge in [-0.05, 0) is 39.3 Å². The standard InChI is InChI=1S/C21H27N3O9S/c1-6-11-32-24(34(30,31)17-10-8-7-9-16(17)23(28)29)15-12-14(2)18(19(25)26)22(13-15)20(27)33-21(3,4)5/h6-10,12,15,18H,1,11,13H2,2-5H3,(H,25,26)/t15-,18+/m1/s1. The summed E-state index contributed by atoms with van der Waals surface area (Å²) in [5, 5.41) is 21.1. The summed E-state index contributed by atoms with van der Waals surface area (Å²) >= 11 is 0. The number of nitro benzene ring substituents is 1. The van der Waals surface area contributed by atoms with Gasteiger partial charge in [-0.3, -0.25) is 19.9 Å². The minimum atomic E-state index is -4.64. The van der Waals surface area contributed by atoms with Crippen LogP contribution < -0.4 is 0 Å². The van der Waals surface area contributed by atoms with Gasteiger partial charge in [-0.2, -0.15) is 0 Å². The summed E-state index contributed by atoms with van der Waals surface area (Å²) in [4.78, 5) is 41.0. The zero-order valence-corrected chi connectivity index (χ0v) is 20.0. The zero-order valence-electron chi connectivity index (χ0n) is 19.2. The lowest BCUT2D eigenvalue weighted by Gasteiger charge is -2.39. The first-order valence-electron chi connectivity index (χ1n) is 10.1. The van der Waals surface area contributed by atoms with Crippen molar-refractivity contribution in [3.8, 4) is 0 Å². The predicted molar refractivity (Wildman–Crippen MR) is 120 cm³/mol. The zero-order chi connectivity index (χ0) is 25.8. The number of carbonyl (C=O) groups excluding carboxylic acids is 1. The normalized spacial score (nSPS) is 18.9. The Bertz CT molecular complexity index is 1110. The molecule has 1 aromatic carbocycles. The van der Waals surface area contributed by atoms with Gasteiger partial charge in [0.05, 0.1) is 17.6 Å². The van der Waals surface area contributed by atoms with Gasteiger partial charge in [-0.1, -0.05) is 28.8 Å². The molecule has 12 nitrogen and oxygen atoms in total. The van der Waals surface area contributed by atoms with Gasteiger partial charge in [0.2, 0.25) is 0 Å². The van der Waals surface area contributed by atoms with E-state index in [2.05, 4.69) is 6.58 Å². The molecule has 1 heterocycles. The number of hydroxylamine groups is 1. The van der Waals surface area contributed by atoms with Crippen molar-refractivity contribution in [3.63, 3.8) is 0 Å². The number of hydrogen-bond donors (Lipinski definition) is 1. The first kappa shape index (κ1) is 27.0. The molecule has 0 unspecified atom stereocenters.